The van der Waals surface area contributed by atoms with E-state index in [-0.39, 0.29) is 18.3 Å². The molecule has 27 heavy (non-hydrogen) atoms. The summed E-state index contributed by atoms with van der Waals surface area (Å²) >= 11 is 0. The number of hydrogen-bond donors (Lipinski definition) is 1. The zero-order chi connectivity index (χ0) is 18.8. The van der Waals surface area contributed by atoms with Gasteiger partial charge in [-0.2, -0.15) is 0 Å². The molecule has 1 aromatic carbocycles. The predicted molar refractivity (Wildman–Crippen MR) is 104 cm³/mol. The third-order valence-electron chi connectivity index (χ3n) is 4.91. The van der Waals surface area contributed by atoms with E-state index >= 15 is 0 Å². The first kappa shape index (κ1) is 17.5. The minimum atomic E-state index is -0.311. The number of amides is 1. The summed E-state index contributed by atoms with van der Waals surface area (Å²) in [4.78, 5) is 21.4. The maximum absolute atomic E-state index is 13.5. The van der Waals surface area contributed by atoms with E-state index in [1.165, 1.54) is 12.1 Å². The smallest absolute Gasteiger partial charge is 0.244 e. The van der Waals surface area contributed by atoms with Crippen LogP contribution in [0.1, 0.15) is 0 Å². The molecule has 0 saturated carbocycles. The van der Waals surface area contributed by atoms with Gasteiger partial charge in [-0.3, -0.25) is 4.79 Å². The van der Waals surface area contributed by atoms with Gasteiger partial charge in [0.15, 0.2) is 0 Å². The number of likely N-dealkylation sites (N-methyl/N-ethyl adjacent to an activating group) is 1. The van der Waals surface area contributed by atoms with Crippen molar-refractivity contribution >= 4 is 28.3 Å². The summed E-state index contributed by atoms with van der Waals surface area (Å²) < 4.78 is 15.2. The lowest BCUT2D eigenvalue weighted by Gasteiger charge is -2.33. The number of hydrogen-bond acceptors (Lipinski definition) is 4. The maximum Gasteiger partial charge on any atom is 0.244 e. The number of nitrogens with one attached hydrogen (secondary N) is 1. The average molecular weight is 367 g/mol. The monoisotopic (exact) mass is 367 g/mol. The van der Waals surface area contributed by atoms with E-state index in [0.29, 0.717) is 11.2 Å². The van der Waals surface area contributed by atoms with Crippen molar-refractivity contribution in [1.82, 2.24) is 14.5 Å². The molecular weight excluding hydrogens is 345 g/mol. The Morgan fingerprint density at radius 1 is 1.15 bits per heavy atom. The fourth-order valence-electron chi connectivity index (χ4n) is 3.35. The van der Waals surface area contributed by atoms with Crippen molar-refractivity contribution in [3.05, 3.63) is 54.6 Å². The molecule has 3 aromatic rings. The van der Waals surface area contributed by atoms with Gasteiger partial charge in [-0.25, -0.2) is 9.37 Å². The van der Waals surface area contributed by atoms with Crippen molar-refractivity contribution in [2.45, 2.75) is 6.54 Å². The Bertz CT molecular complexity index is 962. The molecule has 4 rings (SSSR count). The summed E-state index contributed by atoms with van der Waals surface area (Å²) in [6, 6.07) is 10.1. The number of halogens is 1. The van der Waals surface area contributed by atoms with Crippen molar-refractivity contribution in [2.75, 3.05) is 43.4 Å². The van der Waals surface area contributed by atoms with Gasteiger partial charge in [0.1, 0.15) is 18.2 Å². The number of benzene rings is 1. The van der Waals surface area contributed by atoms with E-state index in [4.69, 9.17) is 0 Å². The maximum atomic E-state index is 13.5. The Kier molecular flexibility index (Phi) is 4.77. The number of rotatable bonds is 4. The second-order valence-electron chi connectivity index (χ2n) is 6.89. The van der Waals surface area contributed by atoms with Crippen molar-refractivity contribution in [3.63, 3.8) is 0 Å². The fraction of sp³-hybridized carbons (Fsp3) is 0.300. The van der Waals surface area contributed by atoms with E-state index in [2.05, 4.69) is 27.1 Å². The van der Waals surface area contributed by atoms with Crippen molar-refractivity contribution in [1.29, 1.82) is 0 Å². The molecule has 1 N–H and O–H groups in total. The number of carbonyl (C=O) groups excluding carboxylic acids is 1. The number of piperazine rings is 1. The summed E-state index contributed by atoms with van der Waals surface area (Å²) in [6.45, 7) is 3.95. The van der Waals surface area contributed by atoms with Crippen LogP contribution in [0.3, 0.4) is 0 Å². The molecule has 0 bridgehead atoms. The van der Waals surface area contributed by atoms with Crippen LogP contribution in [0.2, 0.25) is 0 Å². The Balaban J connectivity index is 1.45. The molecule has 1 aliphatic heterocycles. The van der Waals surface area contributed by atoms with Crippen LogP contribution in [-0.2, 0) is 11.3 Å². The third kappa shape index (κ3) is 3.93. The normalized spacial score (nSPS) is 15.3. The molecule has 1 saturated heterocycles. The number of carbonyl (C=O) groups is 1. The lowest BCUT2D eigenvalue weighted by molar-refractivity contribution is -0.116. The molecule has 140 valence electrons. The van der Waals surface area contributed by atoms with Crippen LogP contribution in [0, 0.1) is 5.82 Å². The Labute approximate surface area is 157 Å². The first-order valence-corrected chi connectivity index (χ1v) is 9.02. The molecule has 2 aromatic heterocycles. The Morgan fingerprint density at radius 3 is 2.78 bits per heavy atom. The summed E-state index contributed by atoms with van der Waals surface area (Å²) in [5, 5.41) is 3.83. The lowest BCUT2D eigenvalue weighted by Crippen LogP contribution is -2.44. The van der Waals surface area contributed by atoms with Gasteiger partial charge in [-0.1, -0.05) is 0 Å². The zero-order valence-electron chi connectivity index (χ0n) is 15.2. The number of anilines is 2. The molecule has 1 aliphatic rings. The molecule has 0 radical (unpaired) electrons. The van der Waals surface area contributed by atoms with Gasteiger partial charge in [-0.15, -0.1) is 0 Å². The highest BCUT2D eigenvalue weighted by atomic mass is 19.1. The molecule has 1 fully saturated rings. The molecule has 7 heteroatoms. The molecular formula is C20H22FN5O. The highest BCUT2D eigenvalue weighted by Gasteiger charge is 2.16. The fourth-order valence-corrected chi connectivity index (χ4v) is 3.35. The molecule has 3 heterocycles. The van der Waals surface area contributed by atoms with Crippen LogP contribution < -0.4 is 10.2 Å². The summed E-state index contributed by atoms with van der Waals surface area (Å²) in [6.07, 6.45) is 3.51. The number of fused-ring (bicyclic) bond motifs is 1. The minimum Gasteiger partial charge on any atom is -0.354 e. The number of aromatic nitrogens is 2. The van der Waals surface area contributed by atoms with Crippen LogP contribution in [0.15, 0.2) is 48.8 Å². The topological polar surface area (TPSA) is 53.4 Å². The zero-order valence-corrected chi connectivity index (χ0v) is 15.2. The predicted octanol–water partition coefficient (Wildman–Crippen LogP) is 2.57. The first-order valence-electron chi connectivity index (χ1n) is 9.02. The molecule has 0 spiro atoms. The largest absolute Gasteiger partial charge is 0.354 e. The summed E-state index contributed by atoms with van der Waals surface area (Å²) in [5.41, 5.74) is 1.42. The van der Waals surface area contributed by atoms with Crippen molar-refractivity contribution in [2.24, 2.45) is 0 Å². The van der Waals surface area contributed by atoms with Gasteiger partial charge in [0.2, 0.25) is 5.91 Å². The van der Waals surface area contributed by atoms with Gasteiger partial charge in [0, 0.05) is 50.3 Å². The van der Waals surface area contributed by atoms with Crippen LogP contribution in [0.25, 0.3) is 10.9 Å². The highest BCUT2D eigenvalue weighted by molar-refractivity contribution is 5.92. The molecule has 0 aliphatic carbocycles. The third-order valence-corrected chi connectivity index (χ3v) is 4.91. The van der Waals surface area contributed by atoms with Crippen molar-refractivity contribution < 1.29 is 9.18 Å². The Hall–Kier alpha value is -2.93. The number of pyridine rings is 1. The van der Waals surface area contributed by atoms with Crippen molar-refractivity contribution in [3.8, 4) is 0 Å². The second kappa shape index (κ2) is 7.36. The SMILES string of the molecule is CN1CCN(c2cc(NC(=O)Cn3ccc4ccc(F)cc43)ccn2)CC1. The first-order chi connectivity index (χ1) is 13.1. The average Bonchev–Trinajstić information content (AvgIpc) is 3.04. The second-order valence-corrected chi connectivity index (χ2v) is 6.89. The van der Waals surface area contributed by atoms with E-state index in [9.17, 15) is 9.18 Å². The van der Waals surface area contributed by atoms with Gasteiger partial charge >= 0.3 is 0 Å². The van der Waals surface area contributed by atoms with Crippen LogP contribution >= 0.6 is 0 Å². The van der Waals surface area contributed by atoms with Gasteiger partial charge in [0.05, 0.1) is 5.52 Å². The minimum absolute atomic E-state index is 0.124. The highest BCUT2D eigenvalue weighted by Crippen LogP contribution is 2.19. The summed E-state index contributed by atoms with van der Waals surface area (Å²) in [5.74, 6) is 0.399. The number of nitrogens with zero attached hydrogens (tertiary/aromatic N) is 4. The lowest BCUT2D eigenvalue weighted by atomic mass is 10.2. The molecule has 6 nitrogen and oxygen atoms in total. The van der Waals surface area contributed by atoms with E-state index in [0.717, 1.165) is 37.4 Å². The molecule has 1 amide bonds. The molecule has 0 unspecified atom stereocenters. The van der Waals surface area contributed by atoms with Crippen LogP contribution in [0.5, 0.6) is 0 Å². The van der Waals surface area contributed by atoms with E-state index < -0.39 is 0 Å². The molecule has 0 atom stereocenters. The summed E-state index contributed by atoms with van der Waals surface area (Å²) in [7, 11) is 2.11. The standard InChI is InChI=1S/C20H22FN5O/c1-24-8-10-25(11-9-24)19-13-17(4-6-22-19)23-20(27)14-26-7-5-15-2-3-16(21)12-18(15)26/h2-7,12-13H,8-11,14H2,1H3,(H,22,23,27). The van der Waals surface area contributed by atoms with Crippen LogP contribution in [0.4, 0.5) is 15.9 Å². The van der Waals surface area contributed by atoms with Crippen LogP contribution in [-0.4, -0.2) is 53.6 Å². The van der Waals surface area contributed by atoms with E-state index in [1.807, 2.05) is 12.1 Å². The van der Waals surface area contributed by atoms with E-state index in [1.54, 1.807) is 29.1 Å². The quantitative estimate of drug-likeness (QED) is 0.770. The van der Waals surface area contributed by atoms with Gasteiger partial charge in [0.25, 0.3) is 0 Å². The Morgan fingerprint density at radius 2 is 1.96 bits per heavy atom. The van der Waals surface area contributed by atoms with Gasteiger partial charge in [-0.05, 0) is 42.8 Å². The van der Waals surface area contributed by atoms with Gasteiger partial charge < -0.3 is 19.7 Å².